The minimum atomic E-state index is -0.657. The molecule has 1 heterocycles. The minimum absolute atomic E-state index is 0.218. The third kappa shape index (κ3) is 3.95. The molecule has 0 bridgehead atoms. The summed E-state index contributed by atoms with van der Waals surface area (Å²) < 4.78 is 12.0. The molecule has 6 nitrogen and oxygen atoms in total. The standard InChI is InChI=1S/C21H22N2O4/c1-4-27-17-7-5-16(6-8-17)22-20(24)14(2)23-12-11-15-13-18(26-3)9-10-19(15)21(23)25/h5-14H,4H2,1-3H3,(H,22,24). The maximum Gasteiger partial charge on any atom is 0.259 e. The Balaban J connectivity index is 1.82. The number of aromatic nitrogens is 1. The first-order chi connectivity index (χ1) is 13.0. The zero-order valence-corrected chi connectivity index (χ0v) is 15.6. The van der Waals surface area contributed by atoms with Gasteiger partial charge in [-0.1, -0.05) is 0 Å². The number of carbonyl (C=O) groups excluding carboxylic acids is 1. The van der Waals surface area contributed by atoms with Crippen LogP contribution >= 0.6 is 0 Å². The van der Waals surface area contributed by atoms with Gasteiger partial charge in [0, 0.05) is 17.3 Å². The van der Waals surface area contributed by atoms with Crippen LogP contribution in [0.3, 0.4) is 0 Å². The zero-order chi connectivity index (χ0) is 19.4. The normalized spacial score (nSPS) is 11.8. The second-order valence-electron chi connectivity index (χ2n) is 6.10. The monoisotopic (exact) mass is 366 g/mol. The fraction of sp³-hybridized carbons (Fsp3) is 0.238. The van der Waals surface area contributed by atoms with Crippen molar-refractivity contribution < 1.29 is 14.3 Å². The summed E-state index contributed by atoms with van der Waals surface area (Å²) in [6.07, 6.45) is 1.63. The van der Waals surface area contributed by atoms with Gasteiger partial charge in [-0.25, -0.2) is 0 Å². The number of anilines is 1. The van der Waals surface area contributed by atoms with Crippen molar-refractivity contribution in [3.8, 4) is 11.5 Å². The molecule has 0 aliphatic rings. The molecule has 0 fully saturated rings. The van der Waals surface area contributed by atoms with E-state index in [1.165, 1.54) is 4.57 Å². The molecule has 0 aliphatic carbocycles. The maximum atomic E-state index is 12.8. The number of benzene rings is 2. The van der Waals surface area contributed by atoms with Crippen molar-refractivity contribution in [3.63, 3.8) is 0 Å². The van der Waals surface area contributed by atoms with E-state index in [9.17, 15) is 9.59 Å². The van der Waals surface area contributed by atoms with Crippen LogP contribution in [0.5, 0.6) is 11.5 Å². The van der Waals surface area contributed by atoms with Crippen LogP contribution in [0.2, 0.25) is 0 Å². The van der Waals surface area contributed by atoms with Crippen LogP contribution < -0.4 is 20.3 Å². The Hall–Kier alpha value is -3.28. The van der Waals surface area contributed by atoms with Gasteiger partial charge in [-0.3, -0.25) is 9.59 Å². The number of nitrogens with zero attached hydrogens (tertiary/aromatic N) is 1. The Morgan fingerprint density at radius 3 is 2.48 bits per heavy atom. The zero-order valence-electron chi connectivity index (χ0n) is 15.6. The van der Waals surface area contributed by atoms with Gasteiger partial charge in [0.2, 0.25) is 5.91 Å². The molecule has 1 aromatic heterocycles. The van der Waals surface area contributed by atoms with Gasteiger partial charge in [0.1, 0.15) is 17.5 Å². The number of amides is 1. The molecule has 2 aromatic carbocycles. The van der Waals surface area contributed by atoms with Crippen molar-refractivity contribution in [1.29, 1.82) is 0 Å². The van der Waals surface area contributed by atoms with Crippen LogP contribution in [0.15, 0.2) is 59.5 Å². The Labute approximate surface area is 157 Å². The lowest BCUT2D eigenvalue weighted by molar-refractivity contribution is -0.118. The average molecular weight is 366 g/mol. The number of fused-ring (bicyclic) bond motifs is 1. The lowest BCUT2D eigenvalue weighted by Crippen LogP contribution is -2.31. The smallest absolute Gasteiger partial charge is 0.259 e. The summed E-state index contributed by atoms with van der Waals surface area (Å²) in [5.74, 6) is 1.15. The van der Waals surface area contributed by atoms with E-state index >= 15 is 0 Å². The van der Waals surface area contributed by atoms with Gasteiger partial charge < -0.3 is 19.4 Å². The molecule has 140 valence electrons. The van der Waals surface area contributed by atoms with Crippen LogP contribution in [0.25, 0.3) is 10.8 Å². The quantitative estimate of drug-likeness (QED) is 0.724. The highest BCUT2D eigenvalue weighted by Gasteiger charge is 2.17. The molecule has 0 radical (unpaired) electrons. The van der Waals surface area contributed by atoms with Crippen molar-refractivity contribution in [2.75, 3.05) is 19.0 Å². The number of pyridine rings is 1. The third-order valence-electron chi connectivity index (χ3n) is 4.37. The highest BCUT2D eigenvalue weighted by atomic mass is 16.5. The van der Waals surface area contributed by atoms with Crippen LogP contribution in [0.1, 0.15) is 19.9 Å². The molecule has 0 spiro atoms. The minimum Gasteiger partial charge on any atom is -0.497 e. The molecular formula is C21H22N2O4. The van der Waals surface area contributed by atoms with Gasteiger partial charge in [-0.05, 0) is 67.8 Å². The number of carbonyl (C=O) groups is 1. The first-order valence-corrected chi connectivity index (χ1v) is 8.76. The summed E-state index contributed by atoms with van der Waals surface area (Å²) in [7, 11) is 1.58. The van der Waals surface area contributed by atoms with E-state index in [0.29, 0.717) is 23.4 Å². The molecular weight excluding hydrogens is 344 g/mol. The molecule has 6 heteroatoms. The Kier molecular flexibility index (Phi) is 5.45. The first-order valence-electron chi connectivity index (χ1n) is 8.76. The van der Waals surface area contributed by atoms with E-state index < -0.39 is 6.04 Å². The largest absolute Gasteiger partial charge is 0.497 e. The Morgan fingerprint density at radius 1 is 1.11 bits per heavy atom. The molecule has 0 aliphatic heterocycles. The number of methoxy groups -OCH3 is 1. The van der Waals surface area contributed by atoms with Crippen molar-refractivity contribution in [1.82, 2.24) is 4.57 Å². The first kappa shape index (κ1) is 18.5. The predicted molar refractivity (Wildman–Crippen MR) is 106 cm³/mol. The number of nitrogens with one attached hydrogen (secondary N) is 1. The van der Waals surface area contributed by atoms with Gasteiger partial charge in [0.15, 0.2) is 0 Å². The summed E-state index contributed by atoms with van der Waals surface area (Å²) >= 11 is 0. The second-order valence-corrected chi connectivity index (χ2v) is 6.10. The Morgan fingerprint density at radius 2 is 1.81 bits per heavy atom. The molecule has 1 unspecified atom stereocenters. The predicted octanol–water partition coefficient (Wildman–Crippen LogP) is 3.61. The summed E-state index contributed by atoms with van der Waals surface area (Å²) in [4.78, 5) is 25.4. The third-order valence-corrected chi connectivity index (χ3v) is 4.37. The number of rotatable bonds is 6. The average Bonchev–Trinajstić information content (AvgIpc) is 2.69. The van der Waals surface area contributed by atoms with Gasteiger partial charge in [-0.15, -0.1) is 0 Å². The topological polar surface area (TPSA) is 69.6 Å². The van der Waals surface area contributed by atoms with E-state index in [4.69, 9.17) is 9.47 Å². The fourth-order valence-electron chi connectivity index (χ4n) is 2.85. The summed E-state index contributed by atoms with van der Waals surface area (Å²) in [6.45, 7) is 4.19. The molecule has 0 saturated heterocycles. The van der Waals surface area contributed by atoms with Crippen LogP contribution in [-0.4, -0.2) is 24.2 Å². The van der Waals surface area contributed by atoms with Crippen molar-refractivity contribution in [3.05, 3.63) is 65.1 Å². The van der Waals surface area contributed by atoms with E-state index in [-0.39, 0.29) is 11.5 Å². The lowest BCUT2D eigenvalue weighted by atomic mass is 10.1. The van der Waals surface area contributed by atoms with E-state index in [1.807, 2.05) is 6.92 Å². The van der Waals surface area contributed by atoms with Crippen LogP contribution in [0.4, 0.5) is 5.69 Å². The van der Waals surface area contributed by atoms with Crippen molar-refractivity contribution >= 4 is 22.4 Å². The molecule has 3 rings (SSSR count). The van der Waals surface area contributed by atoms with Gasteiger partial charge >= 0.3 is 0 Å². The summed E-state index contributed by atoms with van der Waals surface area (Å²) in [5, 5.41) is 4.14. The number of hydrogen-bond acceptors (Lipinski definition) is 4. The van der Waals surface area contributed by atoms with Crippen molar-refractivity contribution in [2.45, 2.75) is 19.9 Å². The van der Waals surface area contributed by atoms with Gasteiger partial charge in [-0.2, -0.15) is 0 Å². The summed E-state index contributed by atoms with van der Waals surface area (Å²) in [6, 6.07) is 13.5. The highest BCUT2D eigenvalue weighted by Crippen LogP contribution is 2.20. The van der Waals surface area contributed by atoms with Crippen LogP contribution in [0, 0.1) is 0 Å². The van der Waals surface area contributed by atoms with Crippen LogP contribution in [-0.2, 0) is 4.79 Å². The Bertz CT molecular complexity index is 1010. The molecule has 1 N–H and O–H groups in total. The maximum absolute atomic E-state index is 12.8. The molecule has 1 atom stereocenters. The van der Waals surface area contributed by atoms with E-state index in [2.05, 4.69) is 5.32 Å². The van der Waals surface area contributed by atoms with Gasteiger partial charge in [0.05, 0.1) is 13.7 Å². The van der Waals surface area contributed by atoms with Crippen molar-refractivity contribution in [2.24, 2.45) is 0 Å². The molecule has 27 heavy (non-hydrogen) atoms. The van der Waals surface area contributed by atoms with E-state index in [1.54, 1.807) is 68.8 Å². The lowest BCUT2D eigenvalue weighted by Gasteiger charge is -2.16. The fourth-order valence-corrected chi connectivity index (χ4v) is 2.85. The number of ether oxygens (including phenoxy) is 2. The molecule has 3 aromatic rings. The second kappa shape index (κ2) is 7.95. The van der Waals surface area contributed by atoms with Gasteiger partial charge in [0.25, 0.3) is 5.56 Å². The summed E-state index contributed by atoms with van der Waals surface area (Å²) in [5.41, 5.74) is 0.429. The molecule has 1 amide bonds. The molecule has 0 saturated carbocycles. The number of hydrogen-bond donors (Lipinski definition) is 1. The SMILES string of the molecule is CCOc1ccc(NC(=O)C(C)n2ccc3cc(OC)ccc3c2=O)cc1. The highest BCUT2D eigenvalue weighted by molar-refractivity contribution is 5.94. The van der Waals surface area contributed by atoms with E-state index in [0.717, 1.165) is 11.1 Å².